The summed E-state index contributed by atoms with van der Waals surface area (Å²) < 4.78 is 16.5. The van der Waals surface area contributed by atoms with Crippen LogP contribution in [0.2, 0.25) is 0 Å². The van der Waals surface area contributed by atoms with Crippen molar-refractivity contribution in [3.8, 4) is 5.75 Å². The van der Waals surface area contributed by atoms with Crippen molar-refractivity contribution in [3.05, 3.63) is 101 Å². The normalized spacial score (nSPS) is 11.7. The molecule has 0 atom stereocenters. The SMILES string of the molecule is CC(C)OC(=O)C(C)(C)Oc1ccc(C(=O)c2ccc(C(C)(C)CCOC(=O)c3ccccc3)cc2)cc1. The van der Waals surface area contributed by atoms with Crippen LogP contribution in [-0.2, 0) is 19.7 Å². The molecular formula is C32H36O6. The van der Waals surface area contributed by atoms with Gasteiger partial charge in [0.15, 0.2) is 11.4 Å². The zero-order valence-electron chi connectivity index (χ0n) is 22.9. The lowest BCUT2D eigenvalue weighted by Crippen LogP contribution is -2.40. The van der Waals surface area contributed by atoms with Gasteiger partial charge in [-0.05, 0) is 81.5 Å². The van der Waals surface area contributed by atoms with Crippen molar-refractivity contribution in [2.75, 3.05) is 6.61 Å². The second kappa shape index (κ2) is 12.1. The molecule has 0 spiro atoms. The fourth-order valence-electron chi connectivity index (χ4n) is 3.81. The quantitative estimate of drug-likeness (QED) is 0.212. The molecule has 3 rings (SSSR count). The minimum atomic E-state index is -1.15. The summed E-state index contributed by atoms with van der Waals surface area (Å²) in [4.78, 5) is 37.5. The Morgan fingerprint density at radius 3 is 1.84 bits per heavy atom. The molecule has 3 aromatic carbocycles. The zero-order valence-corrected chi connectivity index (χ0v) is 22.9. The second-order valence-electron chi connectivity index (χ2n) is 10.6. The summed E-state index contributed by atoms with van der Waals surface area (Å²) in [5, 5.41) is 0. The summed E-state index contributed by atoms with van der Waals surface area (Å²) in [6.07, 6.45) is 0.404. The van der Waals surface area contributed by atoms with Crippen LogP contribution >= 0.6 is 0 Å². The minimum Gasteiger partial charge on any atom is -0.476 e. The number of hydrogen-bond donors (Lipinski definition) is 0. The molecule has 0 radical (unpaired) electrons. The van der Waals surface area contributed by atoms with Gasteiger partial charge in [-0.25, -0.2) is 9.59 Å². The monoisotopic (exact) mass is 516 g/mol. The average molecular weight is 517 g/mol. The van der Waals surface area contributed by atoms with Gasteiger partial charge in [0.1, 0.15) is 5.75 Å². The summed E-state index contributed by atoms with van der Waals surface area (Å²) in [7, 11) is 0. The highest BCUT2D eigenvalue weighted by Crippen LogP contribution is 2.28. The number of carbonyl (C=O) groups excluding carboxylic acids is 3. The topological polar surface area (TPSA) is 78.9 Å². The number of carbonyl (C=O) groups is 3. The van der Waals surface area contributed by atoms with E-state index in [1.165, 1.54) is 0 Å². The largest absolute Gasteiger partial charge is 0.476 e. The van der Waals surface area contributed by atoms with Crippen LogP contribution in [0, 0.1) is 0 Å². The maximum atomic E-state index is 13.0. The van der Waals surface area contributed by atoms with E-state index in [9.17, 15) is 14.4 Å². The van der Waals surface area contributed by atoms with Crippen molar-refractivity contribution in [2.45, 2.75) is 65.1 Å². The number of ether oxygens (including phenoxy) is 3. The highest BCUT2D eigenvalue weighted by atomic mass is 16.6. The van der Waals surface area contributed by atoms with Crippen molar-refractivity contribution >= 4 is 17.7 Å². The first-order chi connectivity index (χ1) is 17.9. The Morgan fingerprint density at radius 1 is 0.737 bits per heavy atom. The van der Waals surface area contributed by atoms with Crippen LogP contribution < -0.4 is 4.74 Å². The third-order valence-electron chi connectivity index (χ3n) is 6.22. The van der Waals surface area contributed by atoms with E-state index in [0.717, 1.165) is 5.56 Å². The summed E-state index contributed by atoms with van der Waals surface area (Å²) in [5.74, 6) is -0.434. The molecule has 0 aliphatic rings. The van der Waals surface area contributed by atoms with Crippen LogP contribution in [0.25, 0.3) is 0 Å². The van der Waals surface area contributed by atoms with Gasteiger partial charge >= 0.3 is 11.9 Å². The molecule has 0 aliphatic heterocycles. The minimum absolute atomic E-state index is 0.115. The van der Waals surface area contributed by atoms with Crippen LogP contribution in [0.15, 0.2) is 78.9 Å². The van der Waals surface area contributed by atoms with Crippen LogP contribution in [0.1, 0.15) is 79.8 Å². The number of rotatable bonds is 11. The molecule has 200 valence electrons. The molecule has 0 aliphatic carbocycles. The fourth-order valence-corrected chi connectivity index (χ4v) is 3.81. The highest BCUT2D eigenvalue weighted by molar-refractivity contribution is 6.09. The first-order valence-corrected chi connectivity index (χ1v) is 12.8. The Balaban J connectivity index is 1.59. The lowest BCUT2D eigenvalue weighted by Gasteiger charge is -2.25. The molecule has 0 fully saturated rings. The Hall–Kier alpha value is -3.93. The lowest BCUT2D eigenvalue weighted by molar-refractivity contribution is -0.163. The zero-order chi connectivity index (χ0) is 27.9. The number of esters is 2. The van der Waals surface area contributed by atoms with Crippen LogP contribution in [0.4, 0.5) is 0 Å². The summed E-state index contributed by atoms with van der Waals surface area (Å²) in [6.45, 7) is 11.3. The third kappa shape index (κ3) is 7.54. The molecule has 0 bridgehead atoms. The smallest absolute Gasteiger partial charge is 0.350 e. The molecule has 0 amide bonds. The Bertz CT molecular complexity index is 1240. The van der Waals surface area contributed by atoms with Crippen molar-refractivity contribution in [1.82, 2.24) is 0 Å². The molecule has 0 N–H and O–H groups in total. The highest BCUT2D eigenvalue weighted by Gasteiger charge is 2.32. The maximum Gasteiger partial charge on any atom is 0.350 e. The first-order valence-electron chi connectivity index (χ1n) is 12.8. The Labute approximate surface area is 224 Å². The van der Waals surface area contributed by atoms with E-state index in [4.69, 9.17) is 14.2 Å². The van der Waals surface area contributed by atoms with Gasteiger partial charge in [0.05, 0.1) is 18.3 Å². The number of hydrogen-bond acceptors (Lipinski definition) is 6. The van der Waals surface area contributed by atoms with Crippen LogP contribution in [-0.4, -0.2) is 36.0 Å². The van der Waals surface area contributed by atoms with Crippen molar-refractivity contribution in [1.29, 1.82) is 0 Å². The fraction of sp³-hybridized carbons (Fsp3) is 0.344. The lowest BCUT2D eigenvalue weighted by atomic mass is 9.81. The van der Waals surface area contributed by atoms with Crippen molar-refractivity contribution < 1.29 is 28.6 Å². The standard InChI is InChI=1S/C32H36O6/c1-22(2)37-30(35)32(5,6)38-27-18-14-24(15-19-27)28(33)23-12-16-26(17-13-23)31(3,4)20-21-36-29(34)25-10-8-7-9-11-25/h7-19,22H,20-21H2,1-6H3. The second-order valence-corrected chi connectivity index (χ2v) is 10.6. The predicted octanol–water partition coefficient (Wildman–Crippen LogP) is 6.55. The van der Waals surface area contributed by atoms with Gasteiger partial charge in [-0.2, -0.15) is 0 Å². The molecule has 38 heavy (non-hydrogen) atoms. The van der Waals surface area contributed by atoms with E-state index in [1.807, 2.05) is 30.3 Å². The maximum absolute atomic E-state index is 13.0. The molecule has 0 aromatic heterocycles. The number of ketones is 1. The summed E-state index contributed by atoms with van der Waals surface area (Å²) >= 11 is 0. The van der Waals surface area contributed by atoms with Gasteiger partial charge in [-0.1, -0.05) is 56.3 Å². The van der Waals surface area contributed by atoms with Gasteiger partial charge in [-0.3, -0.25) is 4.79 Å². The third-order valence-corrected chi connectivity index (χ3v) is 6.22. The molecule has 3 aromatic rings. The van der Waals surface area contributed by atoms with Gasteiger partial charge < -0.3 is 14.2 Å². The van der Waals surface area contributed by atoms with Crippen LogP contribution in [0.3, 0.4) is 0 Å². The van der Waals surface area contributed by atoms with E-state index in [0.29, 0.717) is 35.5 Å². The first kappa shape index (κ1) is 28.6. The molecule has 0 saturated heterocycles. The Morgan fingerprint density at radius 2 is 1.29 bits per heavy atom. The van der Waals surface area contributed by atoms with E-state index >= 15 is 0 Å². The Kier molecular flexibility index (Phi) is 9.10. The van der Waals surface area contributed by atoms with Crippen molar-refractivity contribution in [3.63, 3.8) is 0 Å². The summed E-state index contributed by atoms with van der Waals surface area (Å²) in [5.41, 5.74) is 1.25. The van der Waals surface area contributed by atoms with E-state index in [1.54, 1.807) is 76.2 Å². The average Bonchev–Trinajstić information content (AvgIpc) is 2.88. The summed E-state index contributed by atoms with van der Waals surface area (Å²) in [6, 6.07) is 23.1. The predicted molar refractivity (Wildman–Crippen MR) is 147 cm³/mol. The van der Waals surface area contributed by atoms with Gasteiger partial charge in [0.25, 0.3) is 0 Å². The molecule has 6 heteroatoms. The molecule has 0 saturated carbocycles. The molecular weight excluding hydrogens is 480 g/mol. The molecule has 0 unspecified atom stereocenters. The van der Waals surface area contributed by atoms with E-state index < -0.39 is 11.6 Å². The molecule has 6 nitrogen and oxygen atoms in total. The van der Waals surface area contributed by atoms with E-state index in [2.05, 4.69) is 13.8 Å². The van der Waals surface area contributed by atoms with Gasteiger partial charge in [-0.15, -0.1) is 0 Å². The number of benzene rings is 3. The van der Waals surface area contributed by atoms with Gasteiger partial charge in [0, 0.05) is 11.1 Å². The van der Waals surface area contributed by atoms with Crippen molar-refractivity contribution in [2.24, 2.45) is 0 Å². The molecule has 0 heterocycles. The van der Waals surface area contributed by atoms with Crippen LogP contribution in [0.5, 0.6) is 5.75 Å². The van der Waals surface area contributed by atoms with E-state index in [-0.39, 0.29) is 23.3 Å². The van der Waals surface area contributed by atoms with Gasteiger partial charge in [0.2, 0.25) is 0 Å².